The molecule has 0 bridgehead atoms. The van der Waals surface area contributed by atoms with E-state index in [1.807, 2.05) is 6.07 Å². The van der Waals surface area contributed by atoms with Crippen molar-refractivity contribution in [1.82, 2.24) is 5.32 Å². The standard InChI is InChI=1S/C17H25BrFN/c1-2-11-20-17(10-7-13-5-3-4-6-13)15-12-14(18)8-9-16(15)19/h8-9,12-13,17,20H,2-7,10-11H2,1H3. The molecule has 1 aliphatic rings. The number of hydrogen-bond acceptors (Lipinski definition) is 1. The van der Waals surface area contributed by atoms with Crippen LogP contribution in [0.1, 0.15) is 63.5 Å². The van der Waals surface area contributed by atoms with Crippen molar-refractivity contribution in [2.24, 2.45) is 5.92 Å². The van der Waals surface area contributed by atoms with Gasteiger partial charge < -0.3 is 5.32 Å². The lowest BCUT2D eigenvalue weighted by Crippen LogP contribution is -2.23. The Balaban J connectivity index is 2.02. The Hall–Kier alpha value is -0.410. The van der Waals surface area contributed by atoms with E-state index in [2.05, 4.69) is 28.2 Å². The molecular formula is C17H25BrFN. The molecule has 1 aliphatic carbocycles. The topological polar surface area (TPSA) is 12.0 Å². The molecule has 1 saturated carbocycles. The lowest BCUT2D eigenvalue weighted by atomic mass is 9.94. The monoisotopic (exact) mass is 341 g/mol. The average Bonchev–Trinajstić information content (AvgIpc) is 2.95. The van der Waals surface area contributed by atoms with E-state index in [0.717, 1.165) is 35.3 Å². The molecule has 0 amide bonds. The Morgan fingerprint density at radius 2 is 2.10 bits per heavy atom. The summed E-state index contributed by atoms with van der Waals surface area (Å²) in [6.07, 6.45) is 8.82. The molecule has 0 spiro atoms. The van der Waals surface area contributed by atoms with Crippen LogP contribution in [-0.2, 0) is 0 Å². The second-order valence-corrected chi connectivity index (χ2v) is 6.82. The van der Waals surface area contributed by atoms with E-state index in [9.17, 15) is 4.39 Å². The molecule has 0 radical (unpaired) electrons. The zero-order valence-corrected chi connectivity index (χ0v) is 13.9. The lowest BCUT2D eigenvalue weighted by Gasteiger charge is -2.21. The Morgan fingerprint density at radius 3 is 2.80 bits per heavy atom. The van der Waals surface area contributed by atoms with Crippen molar-refractivity contribution in [3.8, 4) is 0 Å². The van der Waals surface area contributed by atoms with Gasteiger partial charge in [0.25, 0.3) is 0 Å². The van der Waals surface area contributed by atoms with Crippen LogP contribution >= 0.6 is 15.9 Å². The van der Waals surface area contributed by atoms with Crippen molar-refractivity contribution in [2.75, 3.05) is 6.54 Å². The first-order valence-electron chi connectivity index (χ1n) is 7.89. The molecule has 0 aromatic heterocycles. The second kappa shape index (κ2) is 8.14. The van der Waals surface area contributed by atoms with Gasteiger partial charge in [-0.3, -0.25) is 0 Å². The van der Waals surface area contributed by atoms with Gasteiger partial charge in [-0.25, -0.2) is 4.39 Å². The predicted octanol–water partition coefficient (Wildman–Crippen LogP) is 5.60. The van der Waals surface area contributed by atoms with Crippen molar-refractivity contribution in [2.45, 2.75) is 57.9 Å². The molecular weight excluding hydrogens is 317 g/mol. The van der Waals surface area contributed by atoms with Gasteiger partial charge >= 0.3 is 0 Å². The second-order valence-electron chi connectivity index (χ2n) is 5.90. The molecule has 1 fully saturated rings. The molecule has 2 rings (SSSR count). The van der Waals surface area contributed by atoms with E-state index in [1.165, 1.54) is 32.1 Å². The number of hydrogen-bond donors (Lipinski definition) is 1. The molecule has 1 nitrogen and oxygen atoms in total. The van der Waals surface area contributed by atoms with Crippen LogP contribution in [0, 0.1) is 11.7 Å². The first-order valence-corrected chi connectivity index (χ1v) is 8.68. The maximum Gasteiger partial charge on any atom is 0.128 e. The van der Waals surface area contributed by atoms with E-state index in [4.69, 9.17) is 0 Å². The minimum Gasteiger partial charge on any atom is -0.310 e. The summed E-state index contributed by atoms with van der Waals surface area (Å²) in [5, 5.41) is 3.52. The van der Waals surface area contributed by atoms with Crippen LogP contribution in [0.15, 0.2) is 22.7 Å². The Morgan fingerprint density at radius 1 is 1.35 bits per heavy atom. The van der Waals surface area contributed by atoms with Crippen LogP contribution in [0.2, 0.25) is 0 Å². The van der Waals surface area contributed by atoms with Gasteiger partial charge in [0, 0.05) is 16.1 Å². The number of halogens is 2. The fraction of sp³-hybridized carbons (Fsp3) is 0.647. The third-order valence-corrected chi connectivity index (χ3v) is 4.81. The molecule has 1 aromatic carbocycles. The minimum absolute atomic E-state index is 0.0896. The predicted molar refractivity (Wildman–Crippen MR) is 86.3 cm³/mol. The van der Waals surface area contributed by atoms with Gasteiger partial charge in [0.15, 0.2) is 0 Å². The molecule has 1 unspecified atom stereocenters. The van der Waals surface area contributed by atoms with E-state index in [-0.39, 0.29) is 11.9 Å². The minimum atomic E-state index is -0.0896. The molecule has 20 heavy (non-hydrogen) atoms. The van der Waals surface area contributed by atoms with E-state index in [1.54, 1.807) is 12.1 Å². The maximum atomic E-state index is 14.1. The summed E-state index contributed by atoms with van der Waals surface area (Å²) in [5.74, 6) is 0.768. The zero-order chi connectivity index (χ0) is 14.4. The van der Waals surface area contributed by atoms with E-state index >= 15 is 0 Å². The highest BCUT2D eigenvalue weighted by atomic mass is 79.9. The van der Waals surface area contributed by atoms with Gasteiger partial charge in [-0.2, -0.15) is 0 Å². The van der Waals surface area contributed by atoms with E-state index < -0.39 is 0 Å². The van der Waals surface area contributed by atoms with Gasteiger partial charge in [-0.05, 0) is 49.9 Å². The average molecular weight is 342 g/mol. The lowest BCUT2D eigenvalue weighted by molar-refractivity contribution is 0.402. The third kappa shape index (κ3) is 4.56. The highest BCUT2D eigenvalue weighted by Crippen LogP contribution is 2.32. The third-order valence-electron chi connectivity index (χ3n) is 4.31. The summed E-state index contributed by atoms with van der Waals surface area (Å²) in [4.78, 5) is 0. The molecule has 0 heterocycles. The Labute approximate surface area is 130 Å². The molecule has 1 N–H and O–H groups in total. The van der Waals surface area contributed by atoms with Gasteiger partial charge in [0.05, 0.1) is 0 Å². The normalized spacial score (nSPS) is 17.6. The van der Waals surface area contributed by atoms with Crippen LogP contribution in [0.4, 0.5) is 4.39 Å². The van der Waals surface area contributed by atoms with Crippen LogP contribution in [0.25, 0.3) is 0 Å². The van der Waals surface area contributed by atoms with Gasteiger partial charge in [-0.1, -0.05) is 48.5 Å². The van der Waals surface area contributed by atoms with Crippen molar-refractivity contribution in [3.63, 3.8) is 0 Å². The molecule has 0 aliphatic heterocycles. The van der Waals surface area contributed by atoms with E-state index in [0.29, 0.717) is 0 Å². The molecule has 112 valence electrons. The number of nitrogens with one attached hydrogen (secondary N) is 1. The highest BCUT2D eigenvalue weighted by molar-refractivity contribution is 9.10. The van der Waals surface area contributed by atoms with Crippen LogP contribution < -0.4 is 5.32 Å². The van der Waals surface area contributed by atoms with Gasteiger partial charge in [0.2, 0.25) is 0 Å². The quantitative estimate of drug-likeness (QED) is 0.680. The first kappa shape index (κ1) is 16.0. The number of benzene rings is 1. The fourth-order valence-electron chi connectivity index (χ4n) is 3.17. The summed E-state index contributed by atoms with van der Waals surface area (Å²) >= 11 is 3.46. The van der Waals surface area contributed by atoms with Crippen molar-refractivity contribution >= 4 is 15.9 Å². The van der Waals surface area contributed by atoms with Crippen LogP contribution in [-0.4, -0.2) is 6.54 Å². The van der Waals surface area contributed by atoms with Crippen LogP contribution in [0.3, 0.4) is 0 Å². The largest absolute Gasteiger partial charge is 0.310 e. The van der Waals surface area contributed by atoms with Crippen molar-refractivity contribution in [3.05, 3.63) is 34.1 Å². The summed E-state index contributed by atoms with van der Waals surface area (Å²) in [6, 6.07) is 5.41. The summed E-state index contributed by atoms with van der Waals surface area (Å²) in [5.41, 5.74) is 0.811. The fourth-order valence-corrected chi connectivity index (χ4v) is 3.55. The Kier molecular flexibility index (Phi) is 6.50. The number of rotatable bonds is 7. The SMILES string of the molecule is CCCNC(CCC1CCCC1)c1cc(Br)ccc1F. The molecule has 3 heteroatoms. The summed E-state index contributed by atoms with van der Waals surface area (Å²) in [7, 11) is 0. The van der Waals surface area contributed by atoms with Crippen molar-refractivity contribution < 1.29 is 4.39 Å². The van der Waals surface area contributed by atoms with Crippen molar-refractivity contribution in [1.29, 1.82) is 0 Å². The van der Waals surface area contributed by atoms with Gasteiger partial charge in [-0.15, -0.1) is 0 Å². The smallest absolute Gasteiger partial charge is 0.128 e. The Bertz CT molecular complexity index is 415. The maximum absolute atomic E-state index is 14.1. The summed E-state index contributed by atoms with van der Waals surface area (Å²) < 4.78 is 15.0. The zero-order valence-electron chi connectivity index (χ0n) is 12.3. The highest BCUT2D eigenvalue weighted by Gasteiger charge is 2.20. The van der Waals surface area contributed by atoms with Gasteiger partial charge in [0.1, 0.15) is 5.82 Å². The first-order chi connectivity index (χ1) is 9.70. The summed E-state index contributed by atoms with van der Waals surface area (Å²) in [6.45, 7) is 3.10. The molecule has 1 atom stereocenters. The van der Waals surface area contributed by atoms with Crippen LogP contribution in [0.5, 0.6) is 0 Å². The molecule has 1 aromatic rings. The molecule has 0 saturated heterocycles.